The highest BCUT2D eigenvalue weighted by molar-refractivity contribution is 6.03. The van der Waals surface area contributed by atoms with E-state index in [0.29, 0.717) is 24.7 Å². The number of anilines is 1. The molecule has 0 saturated heterocycles. The number of methoxy groups -OCH3 is 2. The maximum absolute atomic E-state index is 12.2. The summed E-state index contributed by atoms with van der Waals surface area (Å²) in [6.07, 6.45) is 0. The highest BCUT2D eigenvalue weighted by Crippen LogP contribution is 2.27. The predicted octanol–water partition coefficient (Wildman–Crippen LogP) is 0.858. The lowest BCUT2D eigenvalue weighted by molar-refractivity contribution is -0.140. The van der Waals surface area contributed by atoms with Gasteiger partial charge in [0.25, 0.3) is 0 Å². The second kappa shape index (κ2) is 7.35. The van der Waals surface area contributed by atoms with Gasteiger partial charge in [0.15, 0.2) is 0 Å². The van der Waals surface area contributed by atoms with Gasteiger partial charge in [0.05, 0.1) is 32.9 Å². The molecule has 25 heavy (non-hydrogen) atoms. The number of carbonyl (C=O) groups is 2. The first-order valence-electron chi connectivity index (χ1n) is 7.68. The number of aliphatic imine (C=N–C) groups is 1. The Hall–Kier alpha value is -2.87. The Morgan fingerprint density at radius 2 is 1.84 bits per heavy atom. The van der Waals surface area contributed by atoms with Crippen LogP contribution in [0.1, 0.15) is 5.56 Å². The lowest BCUT2D eigenvalue weighted by atomic mass is 10.1. The van der Waals surface area contributed by atoms with Gasteiger partial charge in [-0.2, -0.15) is 0 Å². The summed E-state index contributed by atoms with van der Waals surface area (Å²) in [5.41, 5.74) is 1.75. The molecule has 2 heterocycles. The highest BCUT2D eigenvalue weighted by atomic mass is 16.5. The van der Waals surface area contributed by atoms with Crippen molar-refractivity contribution in [2.45, 2.75) is 0 Å². The highest BCUT2D eigenvalue weighted by Gasteiger charge is 2.32. The molecular formula is C17H18N2O6. The van der Waals surface area contributed by atoms with E-state index in [1.54, 1.807) is 17.0 Å². The van der Waals surface area contributed by atoms with Gasteiger partial charge >= 0.3 is 11.9 Å². The van der Waals surface area contributed by atoms with Gasteiger partial charge in [0, 0.05) is 11.3 Å². The standard InChI is InChI=1S/C17H18N2O6/c1-22-16(20)13-9-24-10-19(14(13)17(21)23-2)12-5-3-11(4-6-12)15-18-7-8-25-15/h3-6H,7-10H2,1-2H3. The van der Waals surface area contributed by atoms with Crippen LogP contribution in [-0.4, -0.2) is 58.5 Å². The maximum atomic E-state index is 12.2. The maximum Gasteiger partial charge on any atom is 0.355 e. The number of rotatable bonds is 4. The van der Waals surface area contributed by atoms with E-state index in [0.717, 1.165) is 5.56 Å². The minimum atomic E-state index is -0.629. The molecule has 132 valence electrons. The predicted molar refractivity (Wildman–Crippen MR) is 88.2 cm³/mol. The van der Waals surface area contributed by atoms with Crippen LogP contribution in [-0.2, 0) is 28.5 Å². The Morgan fingerprint density at radius 3 is 2.44 bits per heavy atom. The number of carbonyl (C=O) groups excluding carboxylic acids is 2. The third-order valence-electron chi connectivity index (χ3n) is 3.84. The van der Waals surface area contributed by atoms with Gasteiger partial charge in [-0.05, 0) is 24.3 Å². The van der Waals surface area contributed by atoms with Gasteiger partial charge < -0.3 is 23.8 Å². The third kappa shape index (κ3) is 3.34. The van der Waals surface area contributed by atoms with E-state index in [1.807, 2.05) is 12.1 Å². The molecule has 8 heteroatoms. The van der Waals surface area contributed by atoms with Crippen molar-refractivity contribution in [3.63, 3.8) is 0 Å². The second-order valence-electron chi connectivity index (χ2n) is 5.30. The van der Waals surface area contributed by atoms with E-state index in [1.165, 1.54) is 14.2 Å². The van der Waals surface area contributed by atoms with Crippen LogP contribution in [0, 0.1) is 0 Å². The van der Waals surface area contributed by atoms with E-state index in [-0.39, 0.29) is 24.6 Å². The van der Waals surface area contributed by atoms with Crippen LogP contribution in [0.25, 0.3) is 0 Å². The molecule has 0 spiro atoms. The molecule has 0 aromatic heterocycles. The minimum absolute atomic E-state index is 0.0175. The van der Waals surface area contributed by atoms with Crippen molar-refractivity contribution in [3.8, 4) is 0 Å². The molecule has 3 rings (SSSR count). The zero-order valence-corrected chi connectivity index (χ0v) is 14.0. The van der Waals surface area contributed by atoms with Crippen LogP contribution < -0.4 is 4.90 Å². The second-order valence-corrected chi connectivity index (χ2v) is 5.30. The molecule has 1 aromatic carbocycles. The summed E-state index contributed by atoms with van der Waals surface area (Å²) in [6.45, 7) is 1.32. The summed E-state index contributed by atoms with van der Waals surface area (Å²) in [6, 6.07) is 7.26. The molecule has 0 saturated carbocycles. The molecule has 0 bridgehead atoms. The molecule has 0 atom stereocenters. The summed E-state index contributed by atoms with van der Waals surface area (Å²) in [5, 5.41) is 0. The molecular weight excluding hydrogens is 328 g/mol. The van der Waals surface area contributed by atoms with Gasteiger partial charge in [-0.25, -0.2) is 14.6 Å². The summed E-state index contributed by atoms with van der Waals surface area (Å²) < 4.78 is 20.4. The van der Waals surface area contributed by atoms with Crippen molar-refractivity contribution in [2.24, 2.45) is 4.99 Å². The zero-order valence-electron chi connectivity index (χ0n) is 14.0. The summed E-state index contributed by atoms with van der Waals surface area (Å²) in [5.74, 6) is -0.660. The van der Waals surface area contributed by atoms with Gasteiger partial charge in [-0.1, -0.05) is 0 Å². The van der Waals surface area contributed by atoms with Crippen LogP contribution in [0.15, 0.2) is 40.5 Å². The molecule has 0 amide bonds. The minimum Gasteiger partial charge on any atom is -0.476 e. The van der Waals surface area contributed by atoms with Crippen LogP contribution in [0.4, 0.5) is 5.69 Å². The fourth-order valence-electron chi connectivity index (χ4n) is 2.64. The van der Waals surface area contributed by atoms with Crippen LogP contribution in [0.3, 0.4) is 0 Å². The van der Waals surface area contributed by atoms with Crippen molar-refractivity contribution in [3.05, 3.63) is 41.1 Å². The Morgan fingerprint density at radius 1 is 1.12 bits per heavy atom. The monoisotopic (exact) mass is 346 g/mol. The fraction of sp³-hybridized carbons (Fsp3) is 0.353. The quantitative estimate of drug-likeness (QED) is 0.747. The van der Waals surface area contributed by atoms with Gasteiger partial charge in [-0.15, -0.1) is 0 Å². The molecule has 1 aromatic rings. The fourth-order valence-corrected chi connectivity index (χ4v) is 2.64. The molecule has 2 aliphatic rings. The molecule has 0 unspecified atom stereocenters. The average molecular weight is 346 g/mol. The Balaban J connectivity index is 1.96. The van der Waals surface area contributed by atoms with Gasteiger partial charge in [0.2, 0.25) is 5.90 Å². The first kappa shape index (κ1) is 17.0. The summed E-state index contributed by atoms with van der Waals surface area (Å²) >= 11 is 0. The van der Waals surface area contributed by atoms with Crippen LogP contribution in [0.5, 0.6) is 0 Å². The smallest absolute Gasteiger partial charge is 0.355 e. The first-order valence-corrected chi connectivity index (χ1v) is 7.68. The number of hydrogen-bond donors (Lipinski definition) is 0. The lowest BCUT2D eigenvalue weighted by Crippen LogP contribution is -2.38. The van der Waals surface area contributed by atoms with E-state index < -0.39 is 11.9 Å². The SMILES string of the molecule is COC(=O)C1=C(C(=O)OC)N(c2ccc(C3=NCCO3)cc2)COC1. The van der Waals surface area contributed by atoms with E-state index >= 15 is 0 Å². The molecule has 0 aliphatic carbocycles. The zero-order chi connectivity index (χ0) is 17.8. The van der Waals surface area contributed by atoms with Crippen molar-refractivity contribution in [2.75, 3.05) is 45.6 Å². The number of benzene rings is 1. The Labute approximate surface area is 144 Å². The summed E-state index contributed by atoms with van der Waals surface area (Å²) in [4.78, 5) is 30.0. The number of hydrogen-bond acceptors (Lipinski definition) is 8. The van der Waals surface area contributed by atoms with E-state index in [2.05, 4.69) is 4.99 Å². The topological polar surface area (TPSA) is 86.7 Å². The average Bonchev–Trinajstić information content (AvgIpc) is 3.21. The van der Waals surface area contributed by atoms with Crippen molar-refractivity contribution in [1.29, 1.82) is 0 Å². The molecule has 0 N–H and O–H groups in total. The number of esters is 2. The Kier molecular flexibility index (Phi) is 4.99. The molecule has 0 radical (unpaired) electrons. The lowest BCUT2D eigenvalue weighted by Gasteiger charge is -2.31. The number of ether oxygens (including phenoxy) is 4. The normalized spacial score (nSPS) is 17.0. The molecule has 8 nitrogen and oxygen atoms in total. The summed E-state index contributed by atoms with van der Waals surface area (Å²) in [7, 11) is 2.51. The molecule has 0 fully saturated rings. The van der Waals surface area contributed by atoms with Crippen molar-refractivity contribution in [1.82, 2.24) is 0 Å². The van der Waals surface area contributed by atoms with Crippen LogP contribution >= 0.6 is 0 Å². The largest absolute Gasteiger partial charge is 0.476 e. The molecule has 2 aliphatic heterocycles. The van der Waals surface area contributed by atoms with E-state index in [9.17, 15) is 9.59 Å². The van der Waals surface area contributed by atoms with Crippen molar-refractivity contribution < 1.29 is 28.5 Å². The van der Waals surface area contributed by atoms with Crippen molar-refractivity contribution >= 4 is 23.5 Å². The Bertz CT molecular complexity index is 738. The van der Waals surface area contributed by atoms with Gasteiger partial charge in [0.1, 0.15) is 19.0 Å². The van der Waals surface area contributed by atoms with Gasteiger partial charge in [-0.3, -0.25) is 0 Å². The van der Waals surface area contributed by atoms with Crippen LogP contribution in [0.2, 0.25) is 0 Å². The van der Waals surface area contributed by atoms with E-state index in [4.69, 9.17) is 18.9 Å². The first-order chi connectivity index (χ1) is 12.2. The number of nitrogens with zero attached hydrogens (tertiary/aromatic N) is 2. The third-order valence-corrected chi connectivity index (χ3v) is 3.84.